The number of aliphatic hydroxyl groups is 1. The van der Waals surface area contributed by atoms with Crippen LogP contribution in [0.15, 0.2) is 24.3 Å². The van der Waals surface area contributed by atoms with Gasteiger partial charge in [-0.1, -0.05) is 31.5 Å². The monoisotopic (exact) mass is 263 g/mol. The second kappa shape index (κ2) is 5.61. The van der Waals surface area contributed by atoms with Crippen LogP contribution in [0.3, 0.4) is 0 Å². The molecule has 0 spiro atoms. The van der Waals surface area contributed by atoms with Gasteiger partial charge in [0.2, 0.25) is 0 Å². The minimum atomic E-state index is -0.878. The van der Waals surface area contributed by atoms with Gasteiger partial charge in [-0.25, -0.2) is 4.79 Å². The summed E-state index contributed by atoms with van der Waals surface area (Å²) < 4.78 is 5.25. The van der Waals surface area contributed by atoms with Crippen LogP contribution < -0.4 is 4.90 Å². The van der Waals surface area contributed by atoms with E-state index in [0.717, 1.165) is 24.1 Å². The SMILES string of the molecule is CCCCOC(=O)N1CCC(C)(O)c2ccccc21. The second-order valence-electron chi connectivity index (χ2n) is 5.16. The molecule has 0 saturated carbocycles. The molecule has 0 radical (unpaired) electrons. The Balaban J connectivity index is 2.18. The van der Waals surface area contributed by atoms with Crippen LogP contribution in [0.25, 0.3) is 0 Å². The van der Waals surface area contributed by atoms with Crippen LogP contribution in [0.5, 0.6) is 0 Å². The molecule has 1 aromatic rings. The molecule has 1 heterocycles. The van der Waals surface area contributed by atoms with E-state index in [1.807, 2.05) is 24.3 Å². The summed E-state index contributed by atoms with van der Waals surface area (Å²) in [6, 6.07) is 7.45. The fourth-order valence-electron chi connectivity index (χ4n) is 2.32. The first kappa shape index (κ1) is 13.9. The lowest BCUT2D eigenvalue weighted by Gasteiger charge is -2.37. The molecule has 4 heteroatoms. The van der Waals surface area contributed by atoms with Crippen LogP contribution in [-0.2, 0) is 10.3 Å². The van der Waals surface area contributed by atoms with E-state index in [4.69, 9.17) is 4.74 Å². The van der Waals surface area contributed by atoms with E-state index in [2.05, 4.69) is 6.92 Å². The molecule has 1 aliphatic rings. The van der Waals surface area contributed by atoms with Gasteiger partial charge in [0, 0.05) is 12.1 Å². The van der Waals surface area contributed by atoms with Gasteiger partial charge < -0.3 is 9.84 Å². The number of benzene rings is 1. The number of para-hydroxylation sites is 1. The van der Waals surface area contributed by atoms with Crippen LogP contribution in [0.2, 0.25) is 0 Å². The molecule has 1 amide bonds. The highest BCUT2D eigenvalue weighted by Gasteiger charge is 2.35. The molecule has 1 atom stereocenters. The van der Waals surface area contributed by atoms with Gasteiger partial charge in [0.25, 0.3) is 0 Å². The Hall–Kier alpha value is -1.55. The van der Waals surface area contributed by atoms with Gasteiger partial charge in [-0.15, -0.1) is 0 Å². The lowest BCUT2D eigenvalue weighted by molar-refractivity contribution is 0.0450. The van der Waals surface area contributed by atoms with Crippen molar-refractivity contribution in [1.29, 1.82) is 0 Å². The Bertz CT molecular complexity index is 456. The second-order valence-corrected chi connectivity index (χ2v) is 5.16. The molecule has 1 aliphatic heterocycles. The fourth-order valence-corrected chi connectivity index (χ4v) is 2.32. The first-order valence-electron chi connectivity index (χ1n) is 6.82. The quantitative estimate of drug-likeness (QED) is 0.853. The van der Waals surface area contributed by atoms with E-state index in [1.54, 1.807) is 11.8 Å². The maximum Gasteiger partial charge on any atom is 0.414 e. The van der Waals surface area contributed by atoms with E-state index in [1.165, 1.54) is 0 Å². The third kappa shape index (κ3) is 2.89. The number of hydrogen-bond acceptors (Lipinski definition) is 3. The Morgan fingerprint density at radius 1 is 1.47 bits per heavy atom. The van der Waals surface area contributed by atoms with Gasteiger partial charge in [0.1, 0.15) is 0 Å². The molecule has 4 nitrogen and oxygen atoms in total. The van der Waals surface area contributed by atoms with E-state index in [9.17, 15) is 9.90 Å². The van der Waals surface area contributed by atoms with Crippen LogP contribution in [-0.4, -0.2) is 24.4 Å². The van der Waals surface area contributed by atoms with Crippen LogP contribution in [0.1, 0.15) is 38.7 Å². The number of nitrogens with zero attached hydrogens (tertiary/aromatic N) is 1. The minimum Gasteiger partial charge on any atom is -0.449 e. The molecule has 104 valence electrons. The highest BCUT2D eigenvalue weighted by atomic mass is 16.6. The topological polar surface area (TPSA) is 49.8 Å². The summed E-state index contributed by atoms with van der Waals surface area (Å²) in [6.07, 6.45) is 2.07. The molecule has 0 saturated heterocycles. The molecule has 0 fully saturated rings. The summed E-state index contributed by atoms with van der Waals surface area (Å²) in [7, 11) is 0. The van der Waals surface area contributed by atoms with E-state index >= 15 is 0 Å². The van der Waals surface area contributed by atoms with Gasteiger partial charge >= 0.3 is 6.09 Å². The molecule has 19 heavy (non-hydrogen) atoms. The number of anilines is 1. The average molecular weight is 263 g/mol. The van der Waals surface area contributed by atoms with E-state index in [0.29, 0.717) is 19.6 Å². The highest BCUT2D eigenvalue weighted by Crippen LogP contribution is 2.37. The standard InChI is InChI=1S/C15H21NO3/c1-3-4-11-19-14(17)16-10-9-15(2,18)12-7-5-6-8-13(12)16/h5-8,18H,3-4,9-11H2,1-2H3. The van der Waals surface area contributed by atoms with Crippen molar-refractivity contribution >= 4 is 11.8 Å². The first-order valence-corrected chi connectivity index (χ1v) is 6.82. The largest absolute Gasteiger partial charge is 0.449 e. The summed E-state index contributed by atoms with van der Waals surface area (Å²) in [4.78, 5) is 13.7. The molecular formula is C15H21NO3. The number of unbranched alkanes of at least 4 members (excludes halogenated alkanes) is 1. The maximum absolute atomic E-state index is 12.1. The maximum atomic E-state index is 12.1. The summed E-state index contributed by atoms with van der Waals surface area (Å²) in [5.74, 6) is 0. The molecule has 0 aliphatic carbocycles. The molecule has 1 N–H and O–H groups in total. The van der Waals surface area contributed by atoms with Gasteiger partial charge in [-0.05, 0) is 25.8 Å². The zero-order chi connectivity index (χ0) is 13.9. The van der Waals surface area contributed by atoms with Crippen molar-refractivity contribution in [3.63, 3.8) is 0 Å². The number of amides is 1. The number of fused-ring (bicyclic) bond motifs is 1. The number of carbonyl (C=O) groups excluding carboxylic acids is 1. The van der Waals surface area contributed by atoms with Crippen molar-refractivity contribution in [1.82, 2.24) is 0 Å². The molecule has 0 bridgehead atoms. The summed E-state index contributed by atoms with van der Waals surface area (Å²) in [5, 5.41) is 10.4. The zero-order valence-corrected chi connectivity index (χ0v) is 11.6. The normalized spacial score (nSPS) is 21.9. The summed E-state index contributed by atoms with van der Waals surface area (Å²) in [5.41, 5.74) is 0.658. The van der Waals surface area contributed by atoms with Crippen LogP contribution in [0.4, 0.5) is 10.5 Å². The molecule has 2 rings (SSSR count). The van der Waals surface area contributed by atoms with Crippen molar-refractivity contribution in [2.75, 3.05) is 18.1 Å². The fraction of sp³-hybridized carbons (Fsp3) is 0.533. The predicted octanol–water partition coefficient (Wildman–Crippen LogP) is 3.04. The Labute approximate surface area is 114 Å². The van der Waals surface area contributed by atoms with Gasteiger partial charge in [0.05, 0.1) is 17.9 Å². The minimum absolute atomic E-state index is 0.323. The third-order valence-electron chi connectivity index (χ3n) is 3.54. The third-order valence-corrected chi connectivity index (χ3v) is 3.54. The Morgan fingerprint density at radius 2 is 2.21 bits per heavy atom. The lowest BCUT2D eigenvalue weighted by atomic mass is 9.87. The average Bonchev–Trinajstić information content (AvgIpc) is 2.39. The first-order chi connectivity index (χ1) is 9.06. The van der Waals surface area contributed by atoms with Crippen LogP contribution >= 0.6 is 0 Å². The molecule has 1 unspecified atom stereocenters. The number of hydrogen-bond donors (Lipinski definition) is 1. The summed E-state index contributed by atoms with van der Waals surface area (Å²) in [6.45, 7) is 4.77. The number of rotatable bonds is 3. The van der Waals surface area contributed by atoms with E-state index < -0.39 is 5.60 Å². The van der Waals surface area contributed by atoms with Crippen molar-refractivity contribution in [2.45, 2.75) is 38.7 Å². The van der Waals surface area contributed by atoms with Crippen molar-refractivity contribution in [3.8, 4) is 0 Å². The van der Waals surface area contributed by atoms with Crippen molar-refractivity contribution < 1.29 is 14.6 Å². The molecule has 0 aromatic heterocycles. The summed E-state index contributed by atoms with van der Waals surface area (Å²) >= 11 is 0. The van der Waals surface area contributed by atoms with Gasteiger partial charge in [-0.3, -0.25) is 4.90 Å². The van der Waals surface area contributed by atoms with Gasteiger partial charge in [-0.2, -0.15) is 0 Å². The van der Waals surface area contributed by atoms with Crippen LogP contribution in [0, 0.1) is 0 Å². The number of carbonyl (C=O) groups is 1. The highest BCUT2D eigenvalue weighted by molar-refractivity contribution is 5.89. The van der Waals surface area contributed by atoms with E-state index in [-0.39, 0.29) is 6.09 Å². The molecular weight excluding hydrogens is 242 g/mol. The Kier molecular flexibility index (Phi) is 4.10. The van der Waals surface area contributed by atoms with Crippen molar-refractivity contribution in [2.24, 2.45) is 0 Å². The smallest absolute Gasteiger partial charge is 0.414 e. The Morgan fingerprint density at radius 3 is 2.95 bits per heavy atom. The molecule has 1 aromatic carbocycles. The van der Waals surface area contributed by atoms with Gasteiger partial charge in [0.15, 0.2) is 0 Å². The predicted molar refractivity (Wildman–Crippen MR) is 74.2 cm³/mol. The van der Waals surface area contributed by atoms with Crippen molar-refractivity contribution in [3.05, 3.63) is 29.8 Å². The lowest BCUT2D eigenvalue weighted by Crippen LogP contribution is -2.42. The number of ether oxygens (including phenoxy) is 1. The zero-order valence-electron chi connectivity index (χ0n) is 11.6.